The van der Waals surface area contributed by atoms with Crippen LogP contribution >= 0.6 is 11.3 Å². The molecule has 0 bridgehead atoms. The van der Waals surface area contributed by atoms with Crippen molar-refractivity contribution < 1.29 is 0 Å². The van der Waals surface area contributed by atoms with Crippen molar-refractivity contribution in [2.24, 2.45) is 5.73 Å². The first-order valence-electron chi connectivity index (χ1n) is 7.61. The first-order valence-corrected chi connectivity index (χ1v) is 8.55. The molecule has 4 aromatic rings. The highest BCUT2D eigenvalue weighted by Crippen LogP contribution is 2.26. The Labute approximate surface area is 137 Å². The minimum Gasteiger partial charge on any atom is -0.361 e. The highest BCUT2D eigenvalue weighted by Gasteiger charge is 2.11. The molecule has 23 heavy (non-hydrogen) atoms. The second-order valence-electron chi connectivity index (χ2n) is 5.68. The third-order valence-corrected chi connectivity index (χ3v) is 4.96. The van der Waals surface area contributed by atoms with Gasteiger partial charge in [0.05, 0.1) is 6.54 Å². The molecule has 0 radical (unpaired) electrons. The lowest BCUT2D eigenvalue weighted by molar-refractivity contribution is 0.771. The van der Waals surface area contributed by atoms with Gasteiger partial charge in [0.25, 0.3) is 5.56 Å². The molecular formula is C18H17N3OS. The van der Waals surface area contributed by atoms with Gasteiger partial charge in [0.1, 0.15) is 0 Å². The zero-order chi connectivity index (χ0) is 15.8. The summed E-state index contributed by atoms with van der Waals surface area (Å²) in [4.78, 5) is 16.1. The van der Waals surface area contributed by atoms with Crippen LogP contribution in [0.25, 0.3) is 21.7 Å². The lowest BCUT2D eigenvalue weighted by Crippen LogP contribution is -2.19. The molecule has 0 saturated heterocycles. The van der Waals surface area contributed by atoms with Gasteiger partial charge in [0, 0.05) is 28.7 Å². The van der Waals surface area contributed by atoms with E-state index in [1.54, 1.807) is 15.9 Å². The van der Waals surface area contributed by atoms with Gasteiger partial charge in [0.15, 0.2) is 0 Å². The maximum Gasteiger partial charge on any atom is 0.258 e. The summed E-state index contributed by atoms with van der Waals surface area (Å²) in [6.45, 7) is 1.21. The van der Waals surface area contributed by atoms with E-state index in [1.165, 1.54) is 5.56 Å². The number of aromatic amines is 1. The first-order chi connectivity index (χ1) is 11.3. The molecule has 4 rings (SSSR count). The first kappa shape index (κ1) is 14.2. The Hall–Kier alpha value is -2.37. The van der Waals surface area contributed by atoms with Crippen LogP contribution < -0.4 is 11.3 Å². The number of H-pyrrole nitrogens is 1. The Bertz CT molecular complexity index is 1030. The summed E-state index contributed by atoms with van der Waals surface area (Å²) >= 11 is 1.65. The molecule has 1 aromatic carbocycles. The standard InChI is InChI=1S/C18H17N3OS/c19-6-3-13-9-20-16-2-1-15-14(17(13)16)4-7-21(18(15)22)10-12-5-8-23-11-12/h1-2,4-5,7-9,11,20H,3,6,10,19H2. The van der Waals surface area contributed by atoms with Crippen LogP contribution in [0.5, 0.6) is 0 Å². The van der Waals surface area contributed by atoms with E-state index < -0.39 is 0 Å². The number of hydrogen-bond acceptors (Lipinski definition) is 3. The molecule has 3 N–H and O–H groups in total. The number of aromatic nitrogens is 2. The predicted molar refractivity (Wildman–Crippen MR) is 96.2 cm³/mol. The number of fused-ring (bicyclic) bond motifs is 3. The molecule has 0 saturated carbocycles. The number of nitrogens with zero attached hydrogens (tertiary/aromatic N) is 1. The normalized spacial score (nSPS) is 11.5. The van der Waals surface area contributed by atoms with Crippen LogP contribution in [0.4, 0.5) is 0 Å². The van der Waals surface area contributed by atoms with Crippen molar-refractivity contribution in [3.8, 4) is 0 Å². The smallest absolute Gasteiger partial charge is 0.258 e. The van der Waals surface area contributed by atoms with Crippen LogP contribution in [0, 0.1) is 0 Å². The van der Waals surface area contributed by atoms with E-state index in [-0.39, 0.29) is 5.56 Å². The van der Waals surface area contributed by atoms with Crippen LogP contribution in [0.1, 0.15) is 11.1 Å². The maximum atomic E-state index is 12.8. The molecule has 3 heterocycles. The molecule has 0 unspecified atom stereocenters. The molecular weight excluding hydrogens is 306 g/mol. The molecule has 0 spiro atoms. The summed E-state index contributed by atoms with van der Waals surface area (Å²) in [5, 5.41) is 6.98. The van der Waals surface area contributed by atoms with Crippen LogP contribution in [-0.4, -0.2) is 16.1 Å². The van der Waals surface area contributed by atoms with Gasteiger partial charge in [-0.2, -0.15) is 11.3 Å². The van der Waals surface area contributed by atoms with Gasteiger partial charge in [-0.15, -0.1) is 0 Å². The van der Waals surface area contributed by atoms with Gasteiger partial charge in [0.2, 0.25) is 0 Å². The van der Waals surface area contributed by atoms with Crippen LogP contribution in [0.2, 0.25) is 0 Å². The van der Waals surface area contributed by atoms with E-state index in [9.17, 15) is 4.79 Å². The number of benzene rings is 1. The van der Waals surface area contributed by atoms with Gasteiger partial charge >= 0.3 is 0 Å². The van der Waals surface area contributed by atoms with E-state index in [0.29, 0.717) is 13.1 Å². The van der Waals surface area contributed by atoms with Gasteiger partial charge < -0.3 is 15.3 Å². The number of nitrogens with two attached hydrogens (primary N) is 1. The van der Waals surface area contributed by atoms with E-state index >= 15 is 0 Å². The van der Waals surface area contributed by atoms with Gasteiger partial charge in [-0.3, -0.25) is 4.79 Å². The van der Waals surface area contributed by atoms with Gasteiger partial charge in [-0.1, -0.05) is 0 Å². The quantitative estimate of drug-likeness (QED) is 0.606. The zero-order valence-electron chi connectivity index (χ0n) is 12.6. The Morgan fingerprint density at radius 2 is 2.09 bits per heavy atom. The van der Waals surface area contributed by atoms with Gasteiger partial charge in [-0.05, 0) is 64.5 Å². The summed E-state index contributed by atoms with van der Waals surface area (Å²) in [7, 11) is 0. The fourth-order valence-corrected chi connectivity index (χ4v) is 3.79. The third kappa shape index (κ3) is 2.38. The van der Waals surface area contributed by atoms with Crippen molar-refractivity contribution in [2.75, 3.05) is 6.54 Å². The maximum absolute atomic E-state index is 12.8. The Morgan fingerprint density at radius 3 is 2.87 bits per heavy atom. The molecule has 3 aromatic heterocycles. The SMILES string of the molecule is NCCc1c[nH]c2ccc3c(=O)n(Cc4ccsc4)ccc3c12. The monoisotopic (exact) mass is 323 g/mol. The second kappa shape index (κ2) is 5.68. The number of hydrogen-bond donors (Lipinski definition) is 2. The number of rotatable bonds is 4. The lowest BCUT2D eigenvalue weighted by Gasteiger charge is -2.08. The zero-order valence-corrected chi connectivity index (χ0v) is 13.4. The molecule has 116 valence electrons. The fraction of sp³-hybridized carbons (Fsp3) is 0.167. The Kier molecular flexibility index (Phi) is 3.52. The van der Waals surface area contributed by atoms with E-state index in [0.717, 1.165) is 33.7 Å². The van der Waals surface area contributed by atoms with Crippen molar-refractivity contribution >= 4 is 33.0 Å². The van der Waals surface area contributed by atoms with Crippen LogP contribution in [0.15, 0.2) is 52.2 Å². The molecule has 4 nitrogen and oxygen atoms in total. The predicted octanol–water partition coefficient (Wildman–Crippen LogP) is 3.09. The highest BCUT2D eigenvalue weighted by atomic mass is 32.1. The van der Waals surface area contributed by atoms with Gasteiger partial charge in [-0.25, -0.2) is 0 Å². The lowest BCUT2D eigenvalue weighted by atomic mass is 10.0. The minimum absolute atomic E-state index is 0.0514. The van der Waals surface area contributed by atoms with Crippen LogP contribution in [0.3, 0.4) is 0 Å². The van der Waals surface area contributed by atoms with Crippen molar-refractivity contribution in [3.05, 3.63) is 68.9 Å². The molecule has 0 aliphatic carbocycles. The topological polar surface area (TPSA) is 63.8 Å². The molecule has 0 fully saturated rings. The fourth-order valence-electron chi connectivity index (χ4n) is 3.13. The number of pyridine rings is 1. The van der Waals surface area contributed by atoms with Crippen molar-refractivity contribution in [1.82, 2.24) is 9.55 Å². The van der Waals surface area contributed by atoms with E-state index in [2.05, 4.69) is 16.4 Å². The summed E-state index contributed by atoms with van der Waals surface area (Å²) in [6, 6.07) is 7.98. The summed E-state index contributed by atoms with van der Waals surface area (Å²) in [6.07, 6.45) is 4.69. The number of thiophene rings is 1. The summed E-state index contributed by atoms with van der Waals surface area (Å²) in [5.41, 5.74) is 9.13. The minimum atomic E-state index is 0.0514. The van der Waals surface area contributed by atoms with Crippen molar-refractivity contribution in [1.29, 1.82) is 0 Å². The third-order valence-electron chi connectivity index (χ3n) is 4.23. The Morgan fingerprint density at radius 1 is 1.17 bits per heavy atom. The Balaban J connectivity index is 1.92. The number of nitrogens with one attached hydrogen (secondary N) is 1. The average molecular weight is 323 g/mol. The summed E-state index contributed by atoms with van der Waals surface area (Å²) in [5.74, 6) is 0. The average Bonchev–Trinajstić information content (AvgIpc) is 3.20. The molecule has 5 heteroatoms. The molecule has 0 aliphatic rings. The molecule has 0 amide bonds. The van der Waals surface area contributed by atoms with Crippen molar-refractivity contribution in [2.45, 2.75) is 13.0 Å². The van der Waals surface area contributed by atoms with E-state index in [1.807, 2.05) is 36.0 Å². The van der Waals surface area contributed by atoms with Crippen molar-refractivity contribution in [3.63, 3.8) is 0 Å². The van der Waals surface area contributed by atoms with E-state index in [4.69, 9.17) is 5.73 Å². The molecule has 0 aliphatic heterocycles. The second-order valence-corrected chi connectivity index (χ2v) is 6.46. The summed E-state index contributed by atoms with van der Waals surface area (Å²) < 4.78 is 1.77. The largest absolute Gasteiger partial charge is 0.361 e. The van der Waals surface area contributed by atoms with Crippen LogP contribution in [-0.2, 0) is 13.0 Å². The molecule has 0 atom stereocenters. The highest BCUT2D eigenvalue weighted by molar-refractivity contribution is 7.07.